The summed E-state index contributed by atoms with van der Waals surface area (Å²) < 4.78 is 10.5. The largest absolute Gasteiger partial charge is 0.493 e. The fourth-order valence-electron chi connectivity index (χ4n) is 2.01. The van der Waals surface area contributed by atoms with E-state index in [0.717, 1.165) is 30.2 Å². The molecule has 0 saturated carbocycles. The van der Waals surface area contributed by atoms with Crippen LogP contribution in [0.3, 0.4) is 0 Å². The molecule has 0 unspecified atom stereocenters. The molecule has 2 aromatic rings. The van der Waals surface area contributed by atoms with E-state index in [2.05, 4.69) is 27.5 Å². The van der Waals surface area contributed by atoms with E-state index < -0.39 is 0 Å². The number of aromatic nitrogens is 2. The summed E-state index contributed by atoms with van der Waals surface area (Å²) in [5.41, 5.74) is 1.74. The first-order valence-electron chi connectivity index (χ1n) is 7.25. The van der Waals surface area contributed by atoms with Gasteiger partial charge in [0.25, 0.3) is 0 Å². The zero-order chi connectivity index (χ0) is 15.9. The molecule has 2 N–H and O–H groups in total. The van der Waals surface area contributed by atoms with Crippen molar-refractivity contribution in [2.75, 3.05) is 31.4 Å². The molecule has 1 aromatic carbocycles. The van der Waals surface area contributed by atoms with E-state index in [0.29, 0.717) is 17.4 Å². The van der Waals surface area contributed by atoms with Gasteiger partial charge >= 0.3 is 0 Å². The number of nitrogens with zero attached hydrogens (tertiary/aromatic N) is 2. The molecular formula is C16H22N4O2. The highest BCUT2D eigenvalue weighted by molar-refractivity contribution is 5.60. The minimum atomic E-state index is 0.547. The van der Waals surface area contributed by atoms with Crippen molar-refractivity contribution >= 4 is 17.5 Å². The Morgan fingerprint density at radius 2 is 1.82 bits per heavy atom. The van der Waals surface area contributed by atoms with Gasteiger partial charge in [-0.3, -0.25) is 0 Å². The van der Waals surface area contributed by atoms with E-state index in [4.69, 9.17) is 9.47 Å². The zero-order valence-corrected chi connectivity index (χ0v) is 13.4. The van der Waals surface area contributed by atoms with Crippen LogP contribution in [0, 0.1) is 6.92 Å². The van der Waals surface area contributed by atoms with E-state index in [1.54, 1.807) is 14.2 Å². The molecule has 6 heteroatoms. The third-order valence-electron chi connectivity index (χ3n) is 3.05. The van der Waals surface area contributed by atoms with Crippen molar-refractivity contribution in [1.29, 1.82) is 0 Å². The number of benzene rings is 1. The minimum absolute atomic E-state index is 0.547. The van der Waals surface area contributed by atoms with Gasteiger partial charge in [-0.25, -0.2) is 4.98 Å². The van der Waals surface area contributed by atoms with Gasteiger partial charge in [-0.1, -0.05) is 6.92 Å². The highest BCUT2D eigenvalue weighted by Crippen LogP contribution is 2.30. The highest BCUT2D eigenvalue weighted by Gasteiger charge is 2.07. The molecule has 0 saturated heterocycles. The predicted octanol–water partition coefficient (Wildman–Crippen LogP) is 3.37. The number of methoxy groups -OCH3 is 2. The Morgan fingerprint density at radius 1 is 1.05 bits per heavy atom. The normalized spacial score (nSPS) is 10.2. The lowest BCUT2D eigenvalue weighted by Gasteiger charge is -2.12. The van der Waals surface area contributed by atoms with Crippen molar-refractivity contribution in [3.05, 3.63) is 30.0 Å². The van der Waals surface area contributed by atoms with Crippen molar-refractivity contribution in [2.24, 2.45) is 0 Å². The number of hydrogen-bond acceptors (Lipinski definition) is 6. The molecule has 0 aliphatic carbocycles. The smallest absolute Gasteiger partial charge is 0.229 e. The van der Waals surface area contributed by atoms with E-state index in [1.165, 1.54) is 0 Å². The van der Waals surface area contributed by atoms with Crippen LogP contribution in [0.4, 0.5) is 17.5 Å². The summed E-state index contributed by atoms with van der Waals surface area (Å²) in [4.78, 5) is 8.86. The van der Waals surface area contributed by atoms with Crippen LogP contribution in [0.2, 0.25) is 0 Å². The van der Waals surface area contributed by atoms with Crippen molar-refractivity contribution in [1.82, 2.24) is 9.97 Å². The van der Waals surface area contributed by atoms with E-state index in [9.17, 15) is 0 Å². The molecule has 0 fully saturated rings. The third-order valence-corrected chi connectivity index (χ3v) is 3.05. The van der Waals surface area contributed by atoms with Gasteiger partial charge in [-0.05, 0) is 25.5 Å². The molecule has 1 aromatic heterocycles. The number of hydrogen-bond donors (Lipinski definition) is 2. The lowest BCUT2D eigenvalue weighted by Crippen LogP contribution is -2.06. The summed E-state index contributed by atoms with van der Waals surface area (Å²) in [6.07, 6.45) is 1.04. The van der Waals surface area contributed by atoms with Crippen LogP contribution >= 0.6 is 0 Å². The number of anilines is 3. The monoisotopic (exact) mass is 302 g/mol. The van der Waals surface area contributed by atoms with Gasteiger partial charge in [0.05, 0.1) is 14.2 Å². The number of ether oxygens (including phenoxy) is 2. The lowest BCUT2D eigenvalue weighted by atomic mass is 10.3. The quantitative estimate of drug-likeness (QED) is 0.817. The average Bonchev–Trinajstić information content (AvgIpc) is 2.52. The minimum Gasteiger partial charge on any atom is -0.493 e. The van der Waals surface area contributed by atoms with Crippen LogP contribution in [-0.4, -0.2) is 30.7 Å². The third kappa shape index (κ3) is 4.00. The molecular weight excluding hydrogens is 280 g/mol. The second-order valence-corrected chi connectivity index (χ2v) is 4.84. The van der Waals surface area contributed by atoms with Gasteiger partial charge < -0.3 is 20.1 Å². The molecule has 2 rings (SSSR count). The van der Waals surface area contributed by atoms with Crippen molar-refractivity contribution < 1.29 is 9.47 Å². The second kappa shape index (κ2) is 7.49. The second-order valence-electron chi connectivity index (χ2n) is 4.84. The van der Waals surface area contributed by atoms with Crippen molar-refractivity contribution in [3.63, 3.8) is 0 Å². The predicted molar refractivity (Wildman–Crippen MR) is 88.4 cm³/mol. The summed E-state index contributed by atoms with van der Waals surface area (Å²) in [5.74, 6) is 2.70. The molecule has 1 heterocycles. The highest BCUT2D eigenvalue weighted by atomic mass is 16.5. The molecule has 118 valence electrons. The molecule has 0 spiro atoms. The maximum Gasteiger partial charge on any atom is 0.229 e. The van der Waals surface area contributed by atoms with Gasteiger partial charge in [0.1, 0.15) is 5.82 Å². The molecule has 22 heavy (non-hydrogen) atoms. The number of aryl methyl sites for hydroxylation is 1. The van der Waals surface area contributed by atoms with E-state index in [1.807, 2.05) is 31.2 Å². The van der Waals surface area contributed by atoms with Gasteiger partial charge in [-0.2, -0.15) is 4.98 Å². The van der Waals surface area contributed by atoms with Crippen molar-refractivity contribution in [3.8, 4) is 11.5 Å². The van der Waals surface area contributed by atoms with Crippen LogP contribution in [0.1, 0.15) is 19.0 Å². The van der Waals surface area contributed by atoms with Crippen molar-refractivity contribution in [2.45, 2.75) is 20.3 Å². The maximum absolute atomic E-state index is 5.30. The van der Waals surface area contributed by atoms with Gasteiger partial charge in [0, 0.05) is 30.1 Å². The van der Waals surface area contributed by atoms with E-state index >= 15 is 0 Å². The molecule has 0 aliphatic heterocycles. The first-order valence-corrected chi connectivity index (χ1v) is 7.25. The molecule has 6 nitrogen and oxygen atoms in total. The van der Waals surface area contributed by atoms with Gasteiger partial charge in [0.15, 0.2) is 11.5 Å². The van der Waals surface area contributed by atoms with Gasteiger partial charge in [0.2, 0.25) is 5.95 Å². The summed E-state index contributed by atoms with van der Waals surface area (Å²) in [6.45, 7) is 4.94. The molecule has 0 aliphatic rings. The summed E-state index contributed by atoms with van der Waals surface area (Å²) >= 11 is 0. The molecule has 0 radical (unpaired) electrons. The molecule has 0 amide bonds. The molecule has 0 atom stereocenters. The average molecular weight is 302 g/mol. The van der Waals surface area contributed by atoms with Crippen LogP contribution in [-0.2, 0) is 0 Å². The summed E-state index contributed by atoms with van der Waals surface area (Å²) in [5, 5.41) is 6.46. The lowest BCUT2D eigenvalue weighted by molar-refractivity contribution is 0.355. The maximum atomic E-state index is 5.30. The summed E-state index contributed by atoms with van der Waals surface area (Å²) in [7, 11) is 3.22. The first-order chi connectivity index (χ1) is 10.7. The fraction of sp³-hybridized carbons (Fsp3) is 0.375. The Labute approximate surface area is 130 Å². The van der Waals surface area contributed by atoms with Crippen LogP contribution < -0.4 is 20.1 Å². The number of rotatable bonds is 7. The van der Waals surface area contributed by atoms with Crippen LogP contribution in [0.15, 0.2) is 24.3 Å². The zero-order valence-electron chi connectivity index (χ0n) is 13.4. The van der Waals surface area contributed by atoms with Crippen LogP contribution in [0.5, 0.6) is 11.5 Å². The SMILES string of the molecule is CCCNc1cc(C)nc(Nc2ccc(OC)c(OC)c2)n1. The Bertz CT molecular complexity index is 632. The van der Waals surface area contributed by atoms with E-state index in [-0.39, 0.29) is 0 Å². The fourth-order valence-corrected chi connectivity index (χ4v) is 2.01. The Hall–Kier alpha value is -2.50. The standard InChI is InChI=1S/C16H22N4O2/c1-5-8-17-15-9-11(2)18-16(20-15)19-12-6-7-13(21-3)14(10-12)22-4/h6-7,9-10H,5,8H2,1-4H3,(H2,17,18,19,20). The Morgan fingerprint density at radius 3 is 2.50 bits per heavy atom. The summed E-state index contributed by atoms with van der Waals surface area (Å²) in [6, 6.07) is 7.51. The number of nitrogens with one attached hydrogen (secondary N) is 2. The Kier molecular flexibility index (Phi) is 5.41. The molecule has 0 bridgehead atoms. The van der Waals surface area contributed by atoms with Gasteiger partial charge in [-0.15, -0.1) is 0 Å². The van der Waals surface area contributed by atoms with Crippen LogP contribution in [0.25, 0.3) is 0 Å². The topological polar surface area (TPSA) is 68.3 Å². The Balaban J connectivity index is 2.21. The first kappa shape index (κ1) is 15.9.